The third-order valence-electron chi connectivity index (χ3n) is 4.82. The Balaban J connectivity index is 1.38. The van der Waals surface area contributed by atoms with Crippen molar-refractivity contribution in [2.75, 3.05) is 39.8 Å². The number of thiophene rings is 2. The Kier molecular flexibility index (Phi) is 8.32. The number of carbonyl (C=O) groups excluding carboxylic acids is 1. The van der Waals surface area contributed by atoms with Crippen LogP contribution in [-0.2, 0) is 0 Å². The first-order valence-corrected chi connectivity index (χ1v) is 11.6. The van der Waals surface area contributed by atoms with Crippen molar-refractivity contribution in [3.8, 4) is 0 Å². The molecule has 3 rings (SSSR count). The quantitative estimate of drug-likeness (QED) is 0.332. The average molecular weight is 420 g/mol. The molecular weight excluding hydrogens is 390 g/mol. The molecule has 1 atom stereocenters. The maximum Gasteiger partial charge on any atom is 0.261 e. The summed E-state index contributed by atoms with van der Waals surface area (Å²) in [6.07, 6.45) is 3.41. The van der Waals surface area contributed by atoms with Crippen LogP contribution in [0.2, 0.25) is 0 Å². The Labute approximate surface area is 175 Å². The molecule has 1 amide bonds. The van der Waals surface area contributed by atoms with E-state index in [1.807, 2.05) is 28.8 Å². The number of aliphatic imine (C=N–C) groups is 1. The lowest BCUT2D eigenvalue weighted by Crippen LogP contribution is -2.43. The molecule has 1 fully saturated rings. The molecule has 2 aromatic heterocycles. The molecule has 152 valence electrons. The van der Waals surface area contributed by atoms with Gasteiger partial charge in [0.1, 0.15) is 0 Å². The van der Waals surface area contributed by atoms with Gasteiger partial charge in [-0.1, -0.05) is 12.1 Å². The number of nitrogens with one attached hydrogen (secondary N) is 3. The predicted octanol–water partition coefficient (Wildman–Crippen LogP) is 2.93. The minimum Gasteiger partial charge on any atom is -0.356 e. The monoisotopic (exact) mass is 419 g/mol. The molecule has 2 aromatic rings. The molecule has 6 nitrogen and oxygen atoms in total. The van der Waals surface area contributed by atoms with E-state index in [-0.39, 0.29) is 5.91 Å². The second-order valence-electron chi connectivity index (χ2n) is 6.74. The van der Waals surface area contributed by atoms with Crippen molar-refractivity contribution in [2.45, 2.75) is 25.3 Å². The van der Waals surface area contributed by atoms with Crippen molar-refractivity contribution < 1.29 is 4.79 Å². The highest BCUT2D eigenvalue weighted by Gasteiger charge is 2.24. The van der Waals surface area contributed by atoms with Crippen LogP contribution in [0.15, 0.2) is 40.0 Å². The van der Waals surface area contributed by atoms with Gasteiger partial charge in [-0.15, -0.1) is 22.7 Å². The van der Waals surface area contributed by atoms with Crippen molar-refractivity contribution in [3.05, 3.63) is 44.8 Å². The molecule has 0 aromatic carbocycles. The summed E-state index contributed by atoms with van der Waals surface area (Å²) in [5, 5.41) is 13.8. The van der Waals surface area contributed by atoms with Gasteiger partial charge in [-0.25, -0.2) is 0 Å². The molecule has 0 aliphatic carbocycles. The number of guanidine groups is 1. The van der Waals surface area contributed by atoms with Gasteiger partial charge in [0, 0.05) is 31.6 Å². The highest BCUT2D eigenvalue weighted by molar-refractivity contribution is 7.12. The lowest BCUT2D eigenvalue weighted by Gasteiger charge is -2.27. The number of amides is 1. The van der Waals surface area contributed by atoms with E-state index in [9.17, 15) is 4.79 Å². The second-order valence-corrected chi connectivity index (χ2v) is 8.67. The molecule has 0 radical (unpaired) electrons. The highest BCUT2D eigenvalue weighted by Crippen LogP contribution is 2.27. The fourth-order valence-corrected chi connectivity index (χ4v) is 4.85. The van der Waals surface area contributed by atoms with Crippen molar-refractivity contribution in [2.24, 2.45) is 4.99 Å². The summed E-state index contributed by atoms with van der Waals surface area (Å²) in [4.78, 5) is 21.0. The molecule has 3 N–H and O–H groups in total. The summed E-state index contributed by atoms with van der Waals surface area (Å²) in [5.41, 5.74) is 0. The van der Waals surface area contributed by atoms with Gasteiger partial charge in [0.2, 0.25) is 0 Å². The van der Waals surface area contributed by atoms with E-state index in [1.165, 1.54) is 42.1 Å². The Hall–Kier alpha value is -1.90. The standard InChI is InChI=1S/C20H29N5OS2/c1-21-20(23-10-6-9-22-19(26)18-8-5-14-28-18)24-15-16(17-7-4-13-27-17)25-11-2-3-12-25/h4-5,7-8,13-14,16H,2-3,6,9-12,15H2,1H3,(H,22,26)(H2,21,23,24). The summed E-state index contributed by atoms with van der Waals surface area (Å²) >= 11 is 3.28. The van der Waals surface area contributed by atoms with E-state index < -0.39 is 0 Å². The van der Waals surface area contributed by atoms with Gasteiger partial charge in [0.15, 0.2) is 5.96 Å². The number of nitrogens with zero attached hydrogens (tertiary/aromatic N) is 2. The first-order chi connectivity index (χ1) is 13.8. The van der Waals surface area contributed by atoms with Crippen LogP contribution >= 0.6 is 22.7 Å². The smallest absolute Gasteiger partial charge is 0.261 e. The van der Waals surface area contributed by atoms with Crippen LogP contribution < -0.4 is 16.0 Å². The van der Waals surface area contributed by atoms with Crippen LogP contribution in [0, 0.1) is 0 Å². The fraction of sp³-hybridized carbons (Fsp3) is 0.500. The van der Waals surface area contributed by atoms with Gasteiger partial charge in [-0.05, 0) is 55.2 Å². The van der Waals surface area contributed by atoms with E-state index in [0.717, 1.165) is 30.3 Å². The van der Waals surface area contributed by atoms with Gasteiger partial charge >= 0.3 is 0 Å². The summed E-state index contributed by atoms with van der Waals surface area (Å²) in [6, 6.07) is 8.48. The van der Waals surface area contributed by atoms with Crippen LogP contribution in [0.5, 0.6) is 0 Å². The molecule has 8 heteroatoms. The SMILES string of the molecule is CN=C(NCCCNC(=O)c1cccs1)NCC(c1cccs1)N1CCCC1. The van der Waals surface area contributed by atoms with Crippen molar-refractivity contribution in [3.63, 3.8) is 0 Å². The number of likely N-dealkylation sites (tertiary alicyclic amines) is 1. The van der Waals surface area contributed by atoms with Gasteiger partial charge in [0.05, 0.1) is 10.9 Å². The highest BCUT2D eigenvalue weighted by atomic mass is 32.1. The van der Waals surface area contributed by atoms with Crippen LogP contribution in [0.25, 0.3) is 0 Å². The van der Waals surface area contributed by atoms with E-state index in [4.69, 9.17) is 0 Å². The third-order valence-corrected chi connectivity index (χ3v) is 6.66. The summed E-state index contributed by atoms with van der Waals surface area (Å²) in [7, 11) is 1.80. The number of rotatable bonds is 9. The maximum atomic E-state index is 11.9. The molecular formula is C20H29N5OS2. The lowest BCUT2D eigenvalue weighted by molar-refractivity contribution is 0.0957. The van der Waals surface area contributed by atoms with E-state index in [1.54, 1.807) is 7.05 Å². The first kappa shape index (κ1) is 20.8. The zero-order valence-corrected chi connectivity index (χ0v) is 18.0. The van der Waals surface area contributed by atoms with E-state index in [0.29, 0.717) is 12.6 Å². The minimum atomic E-state index is 0.00177. The maximum absolute atomic E-state index is 11.9. The molecule has 28 heavy (non-hydrogen) atoms. The topological polar surface area (TPSA) is 68.8 Å². The van der Waals surface area contributed by atoms with Crippen molar-refractivity contribution in [1.29, 1.82) is 0 Å². The van der Waals surface area contributed by atoms with Crippen molar-refractivity contribution >= 4 is 34.5 Å². The molecule has 1 aliphatic rings. The summed E-state index contributed by atoms with van der Waals surface area (Å²) < 4.78 is 0. The number of hydrogen-bond donors (Lipinski definition) is 3. The first-order valence-electron chi connectivity index (χ1n) is 9.81. The molecule has 0 spiro atoms. The average Bonchev–Trinajstić information content (AvgIpc) is 3.49. The molecule has 3 heterocycles. The Morgan fingerprint density at radius 1 is 1.11 bits per heavy atom. The summed E-state index contributed by atoms with van der Waals surface area (Å²) in [5.74, 6) is 0.812. The lowest BCUT2D eigenvalue weighted by atomic mass is 10.2. The van der Waals surface area contributed by atoms with Crippen molar-refractivity contribution in [1.82, 2.24) is 20.9 Å². The van der Waals surface area contributed by atoms with Gasteiger partial charge in [0.25, 0.3) is 5.91 Å². The predicted molar refractivity (Wildman–Crippen MR) is 119 cm³/mol. The van der Waals surface area contributed by atoms with Gasteiger partial charge in [-0.2, -0.15) is 0 Å². The summed E-state index contributed by atoms with van der Waals surface area (Å²) in [6.45, 7) is 4.58. The molecule has 1 saturated heterocycles. The van der Waals surface area contributed by atoms with E-state index in [2.05, 4.69) is 43.4 Å². The molecule has 0 bridgehead atoms. The molecule has 0 saturated carbocycles. The van der Waals surface area contributed by atoms with Crippen LogP contribution in [-0.4, -0.2) is 56.5 Å². The Morgan fingerprint density at radius 3 is 2.54 bits per heavy atom. The zero-order chi connectivity index (χ0) is 19.6. The van der Waals surface area contributed by atoms with Gasteiger partial charge in [-0.3, -0.25) is 14.7 Å². The minimum absolute atomic E-state index is 0.00177. The Bertz CT molecular complexity index is 724. The van der Waals surface area contributed by atoms with E-state index >= 15 is 0 Å². The Morgan fingerprint density at radius 2 is 1.86 bits per heavy atom. The molecule has 1 unspecified atom stereocenters. The molecule has 1 aliphatic heterocycles. The number of hydrogen-bond acceptors (Lipinski definition) is 5. The zero-order valence-electron chi connectivity index (χ0n) is 16.3. The third kappa shape index (κ3) is 6.05. The largest absolute Gasteiger partial charge is 0.356 e. The van der Waals surface area contributed by atoms with Crippen LogP contribution in [0.3, 0.4) is 0 Å². The second kappa shape index (κ2) is 11.2. The van der Waals surface area contributed by atoms with Crippen LogP contribution in [0.1, 0.15) is 39.9 Å². The number of carbonyl (C=O) groups is 1. The fourth-order valence-electron chi connectivity index (χ4n) is 3.35. The van der Waals surface area contributed by atoms with Gasteiger partial charge < -0.3 is 16.0 Å². The van der Waals surface area contributed by atoms with Crippen LogP contribution in [0.4, 0.5) is 0 Å². The normalized spacial score (nSPS) is 16.1.